The third-order valence-corrected chi connectivity index (χ3v) is 7.38. The number of hydrogen-bond donors (Lipinski definition) is 0. The number of amides is 1. The van der Waals surface area contributed by atoms with Gasteiger partial charge in [0.2, 0.25) is 0 Å². The predicted octanol–water partition coefficient (Wildman–Crippen LogP) is 5.37. The molecule has 1 fully saturated rings. The quantitative estimate of drug-likeness (QED) is 0.448. The minimum absolute atomic E-state index is 0.0553. The number of hydrogen-bond acceptors (Lipinski definition) is 3. The Labute approximate surface area is 190 Å². The van der Waals surface area contributed by atoms with Gasteiger partial charge in [0.1, 0.15) is 0 Å². The molecule has 166 valence electrons. The lowest BCUT2D eigenvalue weighted by Crippen LogP contribution is -2.35. The van der Waals surface area contributed by atoms with Crippen molar-refractivity contribution in [3.63, 3.8) is 0 Å². The van der Waals surface area contributed by atoms with Gasteiger partial charge in [0.15, 0.2) is 0 Å². The molecule has 0 saturated heterocycles. The van der Waals surface area contributed by atoms with Crippen molar-refractivity contribution in [2.75, 3.05) is 17.4 Å². The molecule has 7 heteroatoms. The lowest BCUT2D eigenvalue weighted by atomic mass is 10.1. The molecular weight excluding hydrogens is 432 g/mol. The van der Waals surface area contributed by atoms with Crippen LogP contribution in [0.2, 0.25) is 5.02 Å². The van der Waals surface area contributed by atoms with E-state index < -0.39 is 10.0 Å². The van der Waals surface area contributed by atoms with E-state index >= 15 is 0 Å². The molecule has 0 N–H and O–H groups in total. The lowest BCUT2D eigenvalue weighted by Gasteiger charge is -2.25. The van der Waals surface area contributed by atoms with E-state index in [0.29, 0.717) is 28.7 Å². The van der Waals surface area contributed by atoms with Crippen LogP contribution in [-0.2, 0) is 10.0 Å². The summed E-state index contributed by atoms with van der Waals surface area (Å²) in [5.41, 5.74) is 0.756. The summed E-state index contributed by atoms with van der Waals surface area (Å²) in [7, 11) is -3.94. The molecule has 1 amide bonds. The SMILES string of the molecule is C=CCN(c1ccccc1Cl)S(=O)(=O)c1cccc(C(=O)N(CCC(C)C)C2CC2)c1. The first-order chi connectivity index (χ1) is 14.8. The Bertz CT molecular complexity index is 1050. The van der Waals surface area contributed by atoms with Crippen LogP contribution in [-0.4, -0.2) is 38.4 Å². The third-order valence-electron chi connectivity index (χ3n) is 5.28. The molecule has 0 spiro atoms. The van der Waals surface area contributed by atoms with Gasteiger partial charge in [0.25, 0.3) is 15.9 Å². The summed E-state index contributed by atoms with van der Waals surface area (Å²) >= 11 is 6.27. The molecule has 0 radical (unpaired) electrons. The fourth-order valence-electron chi connectivity index (χ4n) is 3.41. The van der Waals surface area contributed by atoms with Gasteiger partial charge in [-0.2, -0.15) is 0 Å². The van der Waals surface area contributed by atoms with Gasteiger partial charge in [0, 0.05) is 18.2 Å². The Morgan fingerprint density at radius 1 is 1.19 bits per heavy atom. The summed E-state index contributed by atoms with van der Waals surface area (Å²) in [6.45, 7) is 8.69. The Morgan fingerprint density at radius 2 is 1.90 bits per heavy atom. The highest BCUT2D eigenvalue weighted by Crippen LogP contribution is 2.32. The zero-order chi connectivity index (χ0) is 22.6. The molecule has 0 bridgehead atoms. The van der Waals surface area contributed by atoms with Crippen LogP contribution in [0.15, 0.2) is 66.1 Å². The topological polar surface area (TPSA) is 57.7 Å². The minimum atomic E-state index is -3.94. The van der Waals surface area contributed by atoms with Crippen molar-refractivity contribution < 1.29 is 13.2 Å². The molecule has 0 aliphatic heterocycles. The summed E-state index contributed by atoms with van der Waals surface area (Å²) in [6.07, 6.45) is 4.43. The van der Waals surface area contributed by atoms with Crippen LogP contribution in [0.3, 0.4) is 0 Å². The molecule has 0 atom stereocenters. The van der Waals surface area contributed by atoms with Crippen molar-refractivity contribution in [3.8, 4) is 0 Å². The van der Waals surface area contributed by atoms with Crippen LogP contribution in [0, 0.1) is 5.92 Å². The van der Waals surface area contributed by atoms with Crippen LogP contribution in [0.4, 0.5) is 5.69 Å². The molecule has 1 aliphatic rings. The van der Waals surface area contributed by atoms with Gasteiger partial charge in [-0.1, -0.05) is 49.7 Å². The fourth-order valence-corrected chi connectivity index (χ4v) is 5.20. The summed E-state index contributed by atoms with van der Waals surface area (Å²) < 4.78 is 28.2. The van der Waals surface area contributed by atoms with Gasteiger partial charge in [-0.3, -0.25) is 9.10 Å². The van der Waals surface area contributed by atoms with Crippen molar-refractivity contribution in [1.29, 1.82) is 0 Å². The van der Waals surface area contributed by atoms with Gasteiger partial charge in [-0.05, 0) is 55.5 Å². The van der Waals surface area contributed by atoms with Gasteiger partial charge >= 0.3 is 0 Å². The van der Waals surface area contributed by atoms with E-state index in [1.807, 2.05) is 4.90 Å². The third kappa shape index (κ3) is 5.49. The fraction of sp³-hybridized carbons (Fsp3) is 0.375. The van der Waals surface area contributed by atoms with E-state index in [1.165, 1.54) is 22.5 Å². The highest BCUT2D eigenvalue weighted by molar-refractivity contribution is 7.92. The average Bonchev–Trinajstić information content (AvgIpc) is 3.58. The summed E-state index contributed by atoms with van der Waals surface area (Å²) in [5, 5.41) is 0.328. The Kier molecular flexibility index (Phi) is 7.44. The van der Waals surface area contributed by atoms with E-state index in [2.05, 4.69) is 20.4 Å². The first kappa shape index (κ1) is 23.4. The smallest absolute Gasteiger partial charge is 0.264 e. The molecule has 2 aromatic rings. The van der Waals surface area contributed by atoms with E-state index in [1.54, 1.807) is 36.4 Å². The molecule has 0 unspecified atom stereocenters. The van der Waals surface area contributed by atoms with Crippen molar-refractivity contribution in [1.82, 2.24) is 4.90 Å². The van der Waals surface area contributed by atoms with E-state index in [-0.39, 0.29) is 23.4 Å². The molecule has 3 rings (SSSR count). The Hall–Kier alpha value is -2.31. The van der Waals surface area contributed by atoms with Crippen molar-refractivity contribution in [3.05, 3.63) is 71.8 Å². The second kappa shape index (κ2) is 9.88. The molecule has 2 aromatic carbocycles. The number of nitrogens with zero attached hydrogens (tertiary/aromatic N) is 2. The lowest BCUT2D eigenvalue weighted by molar-refractivity contribution is 0.0735. The molecule has 1 saturated carbocycles. The van der Waals surface area contributed by atoms with Crippen molar-refractivity contribution in [2.24, 2.45) is 5.92 Å². The number of sulfonamides is 1. The molecule has 5 nitrogen and oxygen atoms in total. The molecule has 0 heterocycles. The second-order valence-corrected chi connectivity index (χ2v) is 10.5. The largest absolute Gasteiger partial charge is 0.336 e. The zero-order valence-electron chi connectivity index (χ0n) is 18.0. The van der Waals surface area contributed by atoms with Crippen LogP contribution >= 0.6 is 11.6 Å². The zero-order valence-corrected chi connectivity index (χ0v) is 19.6. The first-order valence-corrected chi connectivity index (χ1v) is 12.4. The Balaban J connectivity index is 1.94. The molecule has 0 aromatic heterocycles. The van der Waals surface area contributed by atoms with Crippen LogP contribution in [0.5, 0.6) is 0 Å². The maximum atomic E-state index is 13.5. The molecule has 31 heavy (non-hydrogen) atoms. The number of para-hydroxylation sites is 1. The van der Waals surface area contributed by atoms with E-state index in [9.17, 15) is 13.2 Å². The van der Waals surface area contributed by atoms with Crippen LogP contribution in [0.1, 0.15) is 43.5 Å². The average molecular weight is 461 g/mol. The highest BCUT2D eigenvalue weighted by Gasteiger charge is 2.33. The maximum absolute atomic E-state index is 13.5. The summed E-state index contributed by atoms with van der Waals surface area (Å²) in [4.78, 5) is 15.2. The van der Waals surface area contributed by atoms with E-state index in [4.69, 9.17) is 11.6 Å². The summed E-state index contributed by atoms with van der Waals surface area (Å²) in [5.74, 6) is 0.372. The van der Waals surface area contributed by atoms with Crippen LogP contribution in [0.25, 0.3) is 0 Å². The number of carbonyl (C=O) groups excluding carboxylic acids is 1. The Morgan fingerprint density at radius 3 is 2.52 bits per heavy atom. The highest BCUT2D eigenvalue weighted by atomic mass is 35.5. The molecular formula is C24H29ClN2O3S. The second-order valence-electron chi connectivity index (χ2n) is 8.22. The summed E-state index contributed by atoms with van der Waals surface area (Å²) in [6, 6.07) is 13.3. The van der Waals surface area contributed by atoms with Gasteiger partial charge < -0.3 is 4.90 Å². The maximum Gasteiger partial charge on any atom is 0.264 e. The van der Waals surface area contributed by atoms with Gasteiger partial charge in [-0.25, -0.2) is 8.42 Å². The van der Waals surface area contributed by atoms with Gasteiger partial charge in [0.05, 0.1) is 22.2 Å². The van der Waals surface area contributed by atoms with E-state index in [0.717, 1.165) is 19.3 Å². The monoisotopic (exact) mass is 460 g/mol. The first-order valence-electron chi connectivity index (χ1n) is 10.5. The number of rotatable bonds is 10. The number of benzene rings is 2. The van der Waals surface area contributed by atoms with Crippen molar-refractivity contribution in [2.45, 2.75) is 44.0 Å². The normalized spacial score (nSPS) is 13.8. The standard InChI is InChI=1S/C24H29ClN2O3S/c1-4-15-27(23-11-6-5-10-22(23)25)31(29,30)21-9-7-8-19(17-21)24(28)26(20-12-13-20)16-14-18(2)3/h4-11,17-18,20H,1,12-16H2,2-3H3. The van der Waals surface area contributed by atoms with Crippen LogP contribution < -0.4 is 4.31 Å². The minimum Gasteiger partial charge on any atom is -0.336 e. The number of halogens is 1. The van der Waals surface area contributed by atoms with Crippen molar-refractivity contribution >= 4 is 33.2 Å². The van der Waals surface area contributed by atoms with Gasteiger partial charge in [-0.15, -0.1) is 6.58 Å². The molecule has 1 aliphatic carbocycles. The number of anilines is 1. The number of carbonyl (C=O) groups is 1. The predicted molar refractivity (Wildman–Crippen MR) is 126 cm³/mol.